The van der Waals surface area contributed by atoms with Gasteiger partial charge in [-0.2, -0.15) is 0 Å². The lowest BCUT2D eigenvalue weighted by molar-refractivity contribution is 0.169. The van der Waals surface area contributed by atoms with E-state index < -0.39 is 6.10 Å². The number of ether oxygens (including phenoxy) is 2. The molecule has 2 aromatic carbocycles. The molecule has 0 saturated carbocycles. The SMILES string of the molecule is COc1ccc(OC)c2c1CN(c1nc(-c3cccnc3)nc3ccccc13)C[C@H]2O. The lowest BCUT2D eigenvalue weighted by Crippen LogP contribution is -2.35. The maximum atomic E-state index is 11.1. The van der Waals surface area contributed by atoms with Crippen LogP contribution in [-0.4, -0.2) is 40.8 Å². The number of β-amino-alcohol motifs (C(OH)–C–C–N with tert-alkyl or cyclic N) is 1. The largest absolute Gasteiger partial charge is 0.496 e. The minimum atomic E-state index is -0.746. The van der Waals surface area contributed by atoms with E-state index in [4.69, 9.17) is 19.4 Å². The second-order valence-electron chi connectivity index (χ2n) is 7.39. The number of benzene rings is 2. The van der Waals surface area contributed by atoms with E-state index in [1.807, 2.05) is 48.5 Å². The Morgan fingerprint density at radius 1 is 0.968 bits per heavy atom. The summed E-state index contributed by atoms with van der Waals surface area (Å²) >= 11 is 0. The molecule has 31 heavy (non-hydrogen) atoms. The molecule has 0 fully saturated rings. The summed E-state index contributed by atoms with van der Waals surface area (Å²) in [4.78, 5) is 15.9. The number of aliphatic hydroxyl groups excluding tert-OH is 1. The monoisotopic (exact) mass is 414 g/mol. The highest BCUT2D eigenvalue weighted by Gasteiger charge is 2.31. The first-order valence-electron chi connectivity index (χ1n) is 10.0. The van der Waals surface area contributed by atoms with Crippen LogP contribution >= 0.6 is 0 Å². The predicted octanol–water partition coefficient (Wildman–Crippen LogP) is 3.76. The van der Waals surface area contributed by atoms with Crippen molar-refractivity contribution in [1.29, 1.82) is 0 Å². The molecular formula is C24H22N4O3. The number of fused-ring (bicyclic) bond motifs is 2. The molecule has 0 aliphatic carbocycles. The number of anilines is 1. The summed E-state index contributed by atoms with van der Waals surface area (Å²) in [6.45, 7) is 0.907. The Hall–Kier alpha value is -3.71. The third-order valence-electron chi connectivity index (χ3n) is 5.59. The summed E-state index contributed by atoms with van der Waals surface area (Å²) in [6.07, 6.45) is 2.73. The van der Waals surface area contributed by atoms with Crippen molar-refractivity contribution in [3.63, 3.8) is 0 Å². The Morgan fingerprint density at radius 3 is 2.55 bits per heavy atom. The van der Waals surface area contributed by atoms with Crippen LogP contribution in [0.15, 0.2) is 60.9 Å². The molecule has 3 heterocycles. The van der Waals surface area contributed by atoms with Gasteiger partial charge in [-0.25, -0.2) is 9.97 Å². The van der Waals surface area contributed by atoms with Gasteiger partial charge in [-0.15, -0.1) is 0 Å². The van der Waals surface area contributed by atoms with E-state index >= 15 is 0 Å². The summed E-state index contributed by atoms with van der Waals surface area (Å²) in [6, 6.07) is 15.4. The van der Waals surface area contributed by atoms with E-state index in [-0.39, 0.29) is 0 Å². The van der Waals surface area contributed by atoms with Crippen LogP contribution in [0.1, 0.15) is 17.2 Å². The van der Waals surface area contributed by atoms with Crippen LogP contribution in [0.5, 0.6) is 11.5 Å². The van der Waals surface area contributed by atoms with Crippen molar-refractivity contribution in [1.82, 2.24) is 15.0 Å². The zero-order valence-electron chi connectivity index (χ0n) is 17.3. The van der Waals surface area contributed by atoms with Crippen LogP contribution in [-0.2, 0) is 6.54 Å². The normalized spacial score (nSPS) is 15.6. The summed E-state index contributed by atoms with van der Waals surface area (Å²) in [5.74, 6) is 2.73. The molecule has 0 amide bonds. The zero-order valence-corrected chi connectivity index (χ0v) is 17.3. The van der Waals surface area contributed by atoms with Gasteiger partial charge in [0, 0.05) is 41.0 Å². The third-order valence-corrected chi connectivity index (χ3v) is 5.59. The molecule has 1 aliphatic heterocycles. The minimum Gasteiger partial charge on any atom is -0.496 e. The number of nitrogens with zero attached hydrogens (tertiary/aromatic N) is 4. The van der Waals surface area contributed by atoms with Crippen molar-refractivity contribution in [2.24, 2.45) is 0 Å². The van der Waals surface area contributed by atoms with Crippen molar-refractivity contribution >= 4 is 16.7 Å². The van der Waals surface area contributed by atoms with E-state index in [0.29, 0.717) is 30.4 Å². The van der Waals surface area contributed by atoms with E-state index in [1.165, 1.54) is 0 Å². The molecule has 156 valence electrons. The minimum absolute atomic E-state index is 0.379. The van der Waals surface area contributed by atoms with Crippen LogP contribution in [0.3, 0.4) is 0 Å². The fourth-order valence-electron chi connectivity index (χ4n) is 4.16. The number of pyridine rings is 1. The zero-order chi connectivity index (χ0) is 21.4. The molecule has 7 nitrogen and oxygen atoms in total. The Labute approximate surface area is 179 Å². The molecule has 1 atom stereocenters. The van der Waals surface area contributed by atoms with Crippen molar-refractivity contribution in [3.05, 3.63) is 72.1 Å². The van der Waals surface area contributed by atoms with Gasteiger partial charge < -0.3 is 19.5 Å². The molecule has 0 spiro atoms. The van der Waals surface area contributed by atoms with E-state index in [2.05, 4.69) is 9.88 Å². The van der Waals surface area contributed by atoms with Crippen LogP contribution in [0, 0.1) is 0 Å². The number of para-hydroxylation sites is 1. The van der Waals surface area contributed by atoms with E-state index in [1.54, 1.807) is 26.6 Å². The molecule has 2 aromatic heterocycles. The highest BCUT2D eigenvalue weighted by atomic mass is 16.5. The molecule has 0 unspecified atom stereocenters. The van der Waals surface area contributed by atoms with Crippen LogP contribution in [0.25, 0.3) is 22.3 Å². The molecule has 4 aromatic rings. The van der Waals surface area contributed by atoms with Crippen LogP contribution < -0.4 is 14.4 Å². The van der Waals surface area contributed by atoms with Crippen LogP contribution in [0.2, 0.25) is 0 Å². The van der Waals surface area contributed by atoms with Crippen molar-refractivity contribution in [3.8, 4) is 22.9 Å². The summed E-state index contributed by atoms with van der Waals surface area (Å²) in [5.41, 5.74) is 3.34. The standard InChI is InChI=1S/C24H22N4O3/c1-30-20-9-10-21(31-2)22-17(20)13-28(14-19(22)29)24-16-7-3-4-8-18(16)26-23(27-24)15-6-5-11-25-12-15/h3-12,19,29H,13-14H2,1-2H3/t19-/m1/s1. The molecule has 0 saturated heterocycles. The van der Waals surface area contributed by atoms with Gasteiger partial charge in [0.05, 0.1) is 26.3 Å². The fraction of sp³-hybridized carbons (Fsp3) is 0.208. The quantitative estimate of drug-likeness (QED) is 0.544. The average molecular weight is 414 g/mol. The van der Waals surface area contributed by atoms with Gasteiger partial charge in [0.1, 0.15) is 23.4 Å². The molecule has 7 heteroatoms. The first-order chi connectivity index (χ1) is 15.2. The summed E-state index contributed by atoms with van der Waals surface area (Å²) in [5, 5.41) is 12.0. The summed E-state index contributed by atoms with van der Waals surface area (Å²) in [7, 11) is 3.24. The van der Waals surface area contributed by atoms with Gasteiger partial charge in [0.15, 0.2) is 5.82 Å². The van der Waals surface area contributed by atoms with Crippen LogP contribution in [0.4, 0.5) is 5.82 Å². The highest BCUT2D eigenvalue weighted by molar-refractivity contribution is 5.91. The second-order valence-corrected chi connectivity index (χ2v) is 7.39. The number of hydrogen-bond donors (Lipinski definition) is 1. The Balaban J connectivity index is 1.67. The number of hydrogen-bond acceptors (Lipinski definition) is 7. The second kappa shape index (κ2) is 7.85. The summed E-state index contributed by atoms with van der Waals surface area (Å²) < 4.78 is 11.1. The van der Waals surface area contributed by atoms with Gasteiger partial charge in [0.2, 0.25) is 0 Å². The maximum absolute atomic E-state index is 11.1. The van der Waals surface area contributed by atoms with Crippen molar-refractivity contribution < 1.29 is 14.6 Å². The average Bonchev–Trinajstić information content (AvgIpc) is 2.83. The maximum Gasteiger partial charge on any atom is 0.163 e. The number of rotatable bonds is 4. The van der Waals surface area contributed by atoms with Gasteiger partial charge in [0.25, 0.3) is 0 Å². The molecule has 1 aliphatic rings. The van der Waals surface area contributed by atoms with E-state index in [9.17, 15) is 5.11 Å². The van der Waals surface area contributed by atoms with Gasteiger partial charge in [-0.1, -0.05) is 12.1 Å². The van der Waals surface area contributed by atoms with Crippen molar-refractivity contribution in [2.75, 3.05) is 25.7 Å². The lowest BCUT2D eigenvalue weighted by atomic mass is 9.95. The third kappa shape index (κ3) is 3.33. The number of methoxy groups -OCH3 is 2. The van der Waals surface area contributed by atoms with Gasteiger partial charge in [-0.3, -0.25) is 4.98 Å². The molecule has 0 radical (unpaired) electrons. The number of aliphatic hydroxyl groups is 1. The van der Waals surface area contributed by atoms with Gasteiger partial charge >= 0.3 is 0 Å². The smallest absolute Gasteiger partial charge is 0.163 e. The molecule has 1 N–H and O–H groups in total. The number of aromatic nitrogens is 3. The molecule has 0 bridgehead atoms. The lowest BCUT2D eigenvalue weighted by Gasteiger charge is -2.35. The Kier molecular flexibility index (Phi) is 4.88. The topological polar surface area (TPSA) is 80.6 Å². The molecular weight excluding hydrogens is 392 g/mol. The Bertz CT molecular complexity index is 1250. The highest BCUT2D eigenvalue weighted by Crippen LogP contribution is 2.41. The first kappa shape index (κ1) is 19.3. The van der Waals surface area contributed by atoms with E-state index in [0.717, 1.165) is 33.4 Å². The van der Waals surface area contributed by atoms with Gasteiger partial charge in [-0.05, 0) is 36.4 Å². The van der Waals surface area contributed by atoms with Crippen molar-refractivity contribution in [2.45, 2.75) is 12.6 Å². The first-order valence-corrected chi connectivity index (χ1v) is 10.0. The fourth-order valence-corrected chi connectivity index (χ4v) is 4.16. The Morgan fingerprint density at radius 2 is 1.77 bits per heavy atom. The molecule has 5 rings (SSSR count). The predicted molar refractivity (Wildman–Crippen MR) is 118 cm³/mol.